The van der Waals surface area contributed by atoms with Gasteiger partial charge in [0.15, 0.2) is 0 Å². The van der Waals surface area contributed by atoms with Crippen molar-refractivity contribution in [3.63, 3.8) is 0 Å². The van der Waals surface area contributed by atoms with Gasteiger partial charge in [0.05, 0.1) is 11.7 Å². The highest BCUT2D eigenvalue weighted by Gasteiger charge is 2.25. The quantitative estimate of drug-likeness (QED) is 0.498. The topological polar surface area (TPSA) is 36.1 Å². The van der Waals surface area contributed by atoms with Gasteiger partial charge in [-0.15, -0.1) is 0 Å². The molecule has 3 aromatic carbocycles. The van der Waals surface area contributed by atoms with Crippen molar-refractivity contribution < 1.29 is 4.79 Å². The zero-order chi connectivity index (χ0) is 18.1. The number of H-pyrrole nitrogens is 1. The average Bonchev–Trinajstić information content (AvgIpc) is 3.11. The van der Waals surface area contributed by atoms with Crippen LogP contribution in [0.25, 0.3) is 21.7 Å². The Kier molecular flexibility index (Phi) is 4.21. The lowest BCUT2D eigenvalue weighted by molar-refractivity contribution is -0.118. The van der Waals surface area contributed by atoms with Crippen molar-refractivity contribution in [2.24, 2.45) is 0 Å². The number of nitrogens with zero attached hydrogens (tertiary/aromatic N) is 1. The largest absolute Gasteiger partial charge is 0.359 e. The van der Waals surface area contributed by atoms with E-state index >= 15 is 0 Å². The first kappa shape index (κ1) is 16.4. The molecule has 1 heterocycles. The molecule has 1 aromatic heterocycles. The van der Waals surface area contributed by atoms with E-state index in [1.165, 1.54) is 10.8 Å². The van der Waals surface area contributed by atoms with Crippen molar-refractivity contribution in [2.45, 2.75) is 26.3 Å². The first-order chi connectivity index (χ1) is 12.7. The Bertz CT molecular complexity index is 1070. The van der Waals surface area contributed by atoms with E-state index in [-0.39, 0.29) is 11.9 Å². The molecule has 0 radical (unpaired) electrons. The van der Waals surface area contributed by atoms with E-state index in [9.17, 15) is 4.79 Å². The summed E-state index contributed by atoms with van der Waals surface area (Å²) >= 11 is 0. The first-order valence-electron chi connectivity index (χ1n) is 9.06. The van der Waals surface area contributed by atoms with Crippen molar-refractivity contribution in [3.05, 3.63) is 78.5 Å². The molecule has 3 heteroatoms. The molecule has 0 fully saturated rings. The van der Waals surface area contributed by atoms with E-state index in [1.54, 1.807) is 0 Å². The Morgan fingerprint density at radius 3 is 2.46 bits per heavy atom. The summed E-state index contributed by atoms with van der Waals surface area (Å²) in [6.45, 7) is 4.02. The number of carbonyl (C=O) groups excluding carboxylic acids is 1. The molecule has 1 atom stereocenters. The minimum Gasteiger partial charge on any atom is -0.359 e. The molecule has 0 bridgehead atoms. The molecule has 0 saturated carbocycles. The second kappa shape index (κ2) is 6.68. The van der Waals surface area contributed by atoms with Crippen molar-refractivity contribution in [1.29, 1.82) is 0 Å². The summed E-state index contributed by atoms with van der Waals surface area (Å²) in [7, 11) is 0. The van der Waals surface area contributed by atoms with Gasteiger partial charge in [0, 0.05) is 23.5 Å². The third-order valence-electron chi connectivity index (χ3n) is 5.06. The molecule has 0 aliphatic carbocycles. The molecule has 4 aromatic rings. The zero-order valence-corrected chi connectivity index (χ0v) is 15.1. The molecule has 1 N–H and O–H groups in total. The zero-order valence-electron chi connectivity index (χ0n) is 15.1. The number of amides is 1. The van der Waals surface area contributed by atoms with Gasteiger partial charge in [-0.1, -0.05) is 67.6 Å². The Hall–Kier alpha value is -3.07. The number of hydrogen-bond donors (Lipinski definition) is 1. The lowest BCUT2D eigenvalue weighted by Gasteiger charge is -2.30. The number of aromatic amines is 1. The van der Waals surface area contributed by atoms with Crippen LogP contribution in [0.15, 0.2) is 72.9 Å². The number of nitrogens with one attached hydrogen (secondary N) is 1. The molecule has 4 rings (SSSR count). The number of carbonyl (C=O) groups is 1. The number of anilines is 1. The maximum Gasteiger partial charge on any atom is 0.227 e. The molecular weight excluding hydrogens is 320 g/mol. The number of hydrogen-bond acceptors (Lipinski definition) is 1. The maximum absolute atomic E-state index is 12.9. The van der Waals surface area contributed by atoms with Crippen LogP contribution in [0.5, 0.6) is 0 Å². The fraction of sp³-hybridized carbons (Fsp3) is 0.174. The predicted octanol–water partition coefficient (Wildman–Crippen LogP) is 5.83. The summed E-state index contributed by atoms with van der Waals surface area (Å²) in [5.74, 6) is 0.121. The number of benzene rings is 3. The number of para-hydroxylation sites is 1. The smallest absolute Gasteiger partial charge is 0.227 e. The summed E-state index contributed by atoms with van der Waals surface area (Å²) in [5, 5.41) is 3.46. The van der Waals surface area contributed by atoms with Gasteiger partial charge < -0.3 is 9.88 Å². The normalized spacial score (nSPS) is 12.4. The van der Waals surface area contributed by atoms with Crippen LogP contribution in [0.4, 0.5) is 5.69 Å². The summed E-state index contributed by atoms with van der Waals surface area (Å²) in [6.07, 6.45) is 2.41. The standard InChI is InChI=1S/C23H22N2O/c1-3-23(26)25(22-15-24-21-14-7-6-12-20(21)22)16(2)18-13-8-10-17-9-4-5-11-19(17)18/h4-16,24H,3H2,1-2H3. The van der Waals surface area contributed by atoms with Crippen LogP contribution >= 0.6 is 0 Å². The van der Waals surface area contributed by atoms with Crippen LogP contribution in [0.3, 0.4) is 0 Å². The van der Waals surface area contributed by atoms with Gasteiger partial charge >= 0.3 is 0 Å². The third-order valence-corrected chi connectivity index (χ3v) is 5.06. The molecule has 0 aliphatic rings. The average molecular weight is 342 g/mol. The van der Waals surface area contributed by atoms with Crippen LogP contribution in [0.1, 0.15) is 31.9 Å². The highest BCUT2D eigenvalue weighted by Crippen LogP contribution is 2.35. The minimum absolute atomic E-state index is 0.0623. The third kappa shape index (κ3) is 2.66. The predicted molar refractivity (Wildman–Crippen MR) is 108 cm³/mol. The molecule has 1 unspecified atom stereocenters. The summed E-state index contributed by atoms with van der Waals surface area (Å²) < 4.78 is 0. The van der Waals surface area contributed by atoms with E-state index in [2.05, 4.69) is 54.4 Å². The Morgan fingerprint density at radius 2 is 1.65 bits per heavy atom. The van der Waals surface area contributed by atoms with Gasteiger partial charge in [-0.05, 0) is 29.3 Å². The molecule has 3 nitrogen and oxygen atoms in total. The van der Waals surface area contributed by atoms with Gasteiger partial charge in [-0.2, -0.15) is 0 Å². The highest BCUT2D eigenvalue weighted by molar-refractivity contribution is 6.04. The van der Waals surface area contributed by atoms with Crippen LogP contribution in [0, 0.1) is 0 Å². The molecule has 1 amide bonds. The summed E-state index contributed by atoms with van der Waals surface area (Å²) in [5.41, 5.74) is 3.14. The van der Waals surface area contributed by atoms with Gasteiger partial charge in [0.2, 0.25) is 5.91 Å². The monoisotopic (exact) mass is 342 g/mol. The van der Waals surface area contributed by atoms with E-state index in [0.29, 0.717) is 6.42 Å². The van der Waals surface area contributed by atoms with E-state index < -0.39 is 0 Å². The number of aromatic nitrogens is 1. The first-order valence-corrected chi connectivity index (χ1v) is 9.06. The Balaban J connectivity index is 1.88. The molecule has 26 heavy (non-hydrogen) atoms. The molecule has 0 spiro atoms. The second-order valence-electron chi connectivity index (χ2n) is 6.58. The van der Waals surface area contributed by atoms with Crippen LogP contribution in [-0.2, 0) is 4.79 Å². The molecule has 130 valence electrons. The van der Waals surface area contributed by atoms with Crippen molar-refractivity contribution in [1.82, 2.24) is 4.98 Å². The van der Waals surface area contributed by atoms with Gasteiger partial charge in [0.25, 0.3) is 0 Å². The molecule has 0 saturated heterocycles. The maximum atomic E-state index is 12.9. The van der Waals surface area contributed by atoms with E-state index in [0.717, 1.165) is 22.2 Å². The Labute approximate surface area is 153 Å². The van der Waals surface area contributed by atoms with E-state index in [1.807, 2.05) is 42.3 Å². The number of rotatable bonds is 4. The summed E-state index contributed by atoms with van der Waals surface area (Å²) in [6, 6.07) is 22.7. The van der Waals surface area contributed by atoms with E-state index in [4.69, 9.17) is 0 Å². The lowest BCUT2D eigenvalue weighted by atomic mass is 9.98. The molecule has 0 aliphatic heterocycles. The van der Waals surface area contributed by atoms with Crippen molar-refractivity contribution in [3.8, 4) is 0 Å². The second-order valence-corrected chi connectivity index (χ2v) is 6.58. The summed E-state index contributed by atoms with van der Waals surface area (Å²) in [4.78, 5) is 18.1. The minimum atomic E-state index is -0.0623. The SMILES string of the molecule is CCC(=O)N(c1c[nH]c2ccccc12)C(C)c1cccc2ccccc12. The lowest BCUT2D eigenvalue weighted by Crippen LogP contribution is -2.33. The van der Waals surface area contributed by atoms with Crippen molar-refractivity contribution >= 4 is 33.3 Å². The fourth-order valence-corrected chi connectivity index (χ4v) is 3.74. The van der Waals surface area contributed by atoms with Crippen molar-refractivity contribution in [2.75, 3.05) is 4.90 Å². The van der Waals surface area contributed by atoms with Gasteiger partial charge in [-0.25, -0.2) is 0 Å². The molecular formula is C23H22N2O. The number of fused-ring (bicyclic) bond motifs is 2. The highest BCUT2D eigenvalue weighted by atomic mass is 16.2. The Morgan fingerprint density at radius 1 is 0.962 bits per heavy atom. The van der Waals surface area contributed by atoms with Gasteiger partial charge in [0.1, 0.15) is 0 Å². The fourth-order valence-electron chi connectivity index (χ4n) is 3.74. The van der Waals surface area contributed by atoms with Crippen LogP contribution in [-0.4, -0.2) is 10.9 Å². The van der Waals surface area contributed by atoms with Crippen LogP contribution < -0.4 is 4.90 Å². The van der Waals surface area contributed by atoms with Crippen LogP contribution in [0.2, 0.25) is 0 Å². The van der Waals surface area contributed by atoms with Gasteiger partial charge in [-0.3, -0.25) is 4.79 Å².